The summed E-state index contributed by atoms with van der Waals surface area (Å²) in [6, 6.07) is -0.427. The number of aryl methyl sites for hydroxylation is 1. The Kier molecular flexibility index (Phi) is 4.49. The average molecular weight is 224 g/mol. The second kappa shape index (κ2) is 5.65. The lowest BCUT2D eigenvalue weighted by Gasteiger charge is -2.15. The molecule has 0 saturated carbocycles. The van der Waals surface area contributed by atoms with Crippen LogP contribution in [0.15, 0.2) is 12.4 Å². The van der Waals surface area contributed by atoms with Crippen molar-refractivity contribution in [2.45, 2.75) is 33.4 Å². The second-order valence-corrected chi connectivity index (χ2v) is 4.23. The highest BCUT2D eigenvalue weighted by molar-refractivity contribution is 5.81. The molecule has 16 heavy (non-hydrogen) atoms. The van der Waals surface area contributed by atoms with Crippen molar-refractivity contribution in [3.8, 4) is 0 Å². The zero-order valence-electron chi connectivity index (χ0n) is 10.1. The first-order chi connectivity index (χ1) is 7.52. The first kappa shape index (κ1) is 12.7. The summed E-state index contributed by atoms with van der Waals surface area (Å²) in [5.41, 5.74) is 5.72. The van der Waals surface area contributed by atoms with Gasteiger partial charge in [-0.2, -0.15) is 0 Å². The maximum atomic E-state index is 11.5. The number of aromatic nitrogens is 2. The summed E-state index contributed by atoms with van der Waals surface area (Å²) in [4.78, 5) is 15.6. The molecular weight excluding hydrogens is 204 g/mol. The van der Waals surface area contributed by atoms with Crippen molar-refractivity contribution < 1.29 is 4.79 Å². The molecule has 0 fully saturated rings. The maximum Gasteiger partial charge on any atom is 0.237 e. The van der Waals surface area contributed by atoms with Gasteiger partial charge >= 0.3 is 0 Å². The van der Waals surface area contributed by atoms with Crippen LogP contribution in [-0.2, 0) is 11.3 Å². The van der Waals surface area contributed by atoms with Crippen LogP contribution in [0, 0.1) is 12.8 Å². The minimum Gasteiger partial charge on any atom is -0.353 e. The van der Waals surface area contributed by atoms with Crippen LogP contribution in [0.2, 0.25) is 0 Å². The van der Waals surface area contributed by atoms with E-state index in [1.165, 1.54) is 0 Å². The highest BCUT2D eigenvalue weighted by atomic mass is 16.2. The summed E-state index contributed by atoms with van der Waals surface area (Å²) in [6.07, 6.45) is 3.64. The van der Waals surface area contributed by atoms with E-state index in [0.29, 0.717) is 6.54 Å². The minimum absolute atomic E-state index is 0.0900. The van der Waals surface area contributed by atoms with E-state index in [-0.39, 0.29) is 11.8 Å². The van der Waals surface area contributed by atoms with E-state index in [0.717, 1.165) is 12.4 Å². The SMILES string of the molecule is Cc1nccn1CCNC(=O)[C@@H](N)C(C)C. The number of imidazole rings is 1. The summed E-state index contributed by atoms with van der Waals surface area (Å²) in [5, 5.41) is 2.82. The number of nitrogens with two attached hydrogens (primary N) is 1. The van der Waals surface area contributed by atoms with E-state index in [4.69, 9.17) is 5.73 Å². The van der Waals surface area contributed by atoms with E-state index in [2.05, 4.69) is 10.3 Å². The smallest absolute Gasteiger partial charge is 0.237 e. The van der Waals surface area contributed by atoms with Gasteiger partial charge in [0.05, 0.1) is 6.04 Å². The van der Waals surface area contributed by atoms with Crippen molar-refractivity contribution in [2.75, 3.05) is 6.54 Å². The van der Waals surface area contributed by atoms with Gasteiger partial charge in [-0.05, 0) is 12.8 Å². The van der Waals surface area contributed by atoms with Crippen molar-refractivity contribution in [3.05, 3.63) is 18.2 Å². The first-order valence-corrected chi connectivity index (χ1v) is 5.53. The Bertz CT molecular complexity index is 346. The first-order valence-electron chi connectivity index (χ1n) is 5.53. The molecule has 0 radical (unpaired) electrons. The van der Waals surface area contributed by atoms with Crippen molar-refractivity contribution >= 4 is 5.91 Å². The Hall–Kier alpha value is -1.36. The lowest BCUT2D eigenvalue weighted by Crippen LogP contribution is -2.44. The van der Waals surface area contributed by atoms with Crippen molar-refractivity contribution in [3.63, 3.8) is 0 Å². The fourth-order valence-electron chi connectivity index (χ4n) is 1.36. The van der Waals surface area contributed by atoms with Crippen molar-refractivity contribution in [1.82, 2.24) is 14.9 Å². The summed E-state index contributed by atoms with van der Waals surface area (Å²) >= 11 is 0. The molecule has 0 saturated heterocycles. The molecule has 0 aliphatic heterocycles. The fraction of sp³-hybridized carbons (Fsp3) is 0.636. The van der Waals surface area contributed by atoms with Gasteiger partial charge in [0, 0.05) is 25.5 Å². The number of hydrogen-bond donors (Lipinski definition) is 2. The van der Waals surface area contributed by atoms with Crippen LogP contribution in [0.3, 0.4) is 0 Å². The maximum absolute atomic E-state index is 11.5. The third kappa shape index (κ3) is 3.34. The number of nitrogens with one attached hydrogen (secondary N) is 1. The molecule has 5 nitrogen and oxygen atoms in total. The van der Waals surface area contributed by atoms with Gasteiger partial charge in [0.1, 0.15) is 5.82 Å². The van der Waals surface area contributed by atoms with Gasteiger partial charge in [0.2, 0.25) is 5.91 Å². The van der Waals surface area contributed by atoms with Gasteiger partial charge in [0.15, 0.2) is 0 Å². The quantitative estimate of drug-likeness (QED) is 0.755. The van der Waals surface area contributed by atoms with Crippen LogP contribution in [0.1, 0.15) is 19.7 Å². The molecule has 1 rings (SSSR count). The summed E-state index contributed by atoms with van der Waals surface area (Å²) in [6.45, 7) is 7.11. The van der Waals surface area contributed by atoms with Gasteiger partial charge in [0.25, 0.3) is 0 Å². The zero-order chi connectivity index (χ0) is 12.1. The van der Waals surface area contributed by atoms with Crippen LogP contribution < -0.4 is 11.1 Å². The van der Waals surface area contributed by atoms with E-state index in [1.54, 1.807) is 6.20 Å². The minimum atomic E-state index is -0.427. The van der Waals surface area contributed by atoms with Gasteiger partial charge in [-0.15, -0.1) is 0 Å². The van der Waals surface area contributed by atoms with E-state index in [1.807, 2.05) is 31.5 Å². The largest absolute Gasteiger partial charge is 0.353 e. The number of amides is 1. The molecule has 0 aliphatic carbocycles. The van der Waals surface area contributed by atoms with Crippen molar-refractivity contribution in [2.24, 2.45) is 11.7 Å². The molecule has 90 valence electrons. The molecule has 0 unspecified atom stereocenters. The number of carbonyl (C=O) groups is 1. The second-order valence-electron chi connectivity index (χ2n) is 4.23. The molecule has 1 atom stereocenters. The van der Waals surface area contributed by atoms with E-state index >= 15 is 0 Å². The Morgan fingerprint density at radius 1 is 1.62 bits per heavy atom. The van der Waals surface area contributed by atoms with E-state index < -0.39 is 6.04 Å². The number of rotatable bonds is 5. The number of nitrogens with zero attached hydrogens (tertiary/aromatic N) is 2. The predicted molar refractivity (Wildman–Crippen MR) is 62.8 cm³/mol. The van der Waals surface area contributed by atoms with Crippen LogP contribution in [0.5, 0.6) is 0 Å². The average Bonchev–Trinajstić information content (AvgIpc) is 2.63. The Morgan fingerprint density at radius 3 is 2.81 bits per heavy atom. The molecule has 0 bridgehead atoms. The van der Waals surface area contributed by atoms with Gasteiger partial charge in [-0.25, -0.2) is 4.98 Å². The zero-order valence-corrected chi connectivity index (χ0v) is 10.1. The normalized spacial score (nSPS) is 12.8. The molecule has 1 heterocycles. The van der Waals surface area contributed by atoms with Gasteiger partial charge in [-0.3, -0.25) is 4.79 Å². The van der Waals surface area contributed by atoms with Crippen LogP contribution in [-0.4, -0.2) is 28.0 Å². The molecule has 1 amide bonds. The highest BCUT2D eigenvalue weighted by Gasteiger charge is 2.16. The van der Waals surface area contributed by atoms with E-state index in [9.17, 15) is 4.79 Å². The van der Waals surface area contributed by atoms with Gasteiger partial charge in [-0.1, -0.05) is 13.8 Å². The number of hydrogen-bond acceptors (Lipinski definition) is 3. The Balaban J connectivity index is 2.31. The van der Waals surface area contributed by atoms with Crippen molar-refractivity contribution in [1.29, 1.82) is 0 Å². The molecule has 3 N–H and O–H groups in total. The highest BCUT2D eigenvalue weighted by Crippen LogP contribution is 1.98. The monoisotopic (exact) mass is 224 g/mol. The summed E-state index contributed by atoms with van der Waals surface area (Å²) in [5.74, 6) is 1.02. The van der Waals surface area contributed by atoms with Crippen LogP contribution in [0.25, 0.3) is 0 Å². The third-order valence-electron chi connectivity index (χ3n) is 2.60. The molecular formula is C11H20N4O. The number of carbonyl (C=O) groups excluding carboxylic acids is 1. The standard InChI is InChI=1S/C11H20N4O/c1-8(2)10(12)11(16)14-5-7-15-6-4-13-9(15)3/h4,6,8,10H,5,7,12H2,1-3H3,(H,14,16)/t10-/m0/s1. The summed E-state index contributed by atoms with van der Waals surface area (Å²) in [7, 11) is 0. The molecule has 1 aromatic heterocycles. The fourth-order valence-corrected chi connectivity index (χ4v) is 1.36. The third-order valence-corrected chi connectivity index (χ3v) is 2.60. The molecule has 1 aromatic rings. The topological polar surface area (TPSA) is 72.9 Å². The molecule has 0 aliphatic rings. The molecule has 0 spiro atoms. The Labute approximate surface area is 96.0 Å². The lowest BCUT2D eigenvalue weighted by molar-refractivity contribution is -0.123. The molecule has 5 heteroatoms. The predicted octanol–water partition coefficient (Wildman–Crippen LogP) is 0.291. The van der Waals surface area contributed by atoms with Gasteiger partial charge < -0.3 is 15.6 Å². The lowest BCUT2D eigenvalue weighted by atomic mass is 10.1. The van der Waals surface area contributed by atoms with Crippen LogP contribution >= 0.6 is 0 Å². The summed E-state index contributed by atoms with van der Waals surface area (Å²) < 4.78 is 1.99. The Morgan fingerprint density at radius 2 is 2.31 bits per heavy atom. The van der Waals surface area contributed by atoms with Crippen LogP contribution in [0.4, 0.5) is 0 Å². The molecule has 0 aromatic carbocycles.